The molecule has 3 fully saturated rings. The van der Waals surface area contributed by atoms with Crippen LogP contribution in [0.4, 0.5) is 5.82 Å². The fourth-order valence-corrected chi connectivity index (χ4v) is 6.56. The summed E-state index contributed by atoms with van der Waals surface area (Å²) in [4.78, 5) is 31.7. The maximum absolute atomic E-state index is 12.7. The summed E-state index contributed by atoms with van der Waals surface area (Å²) in [5.41, 5.74) is 3.23. The van der Waals surface area contributed by atoms with Crippen LogP contribution in [0.3, 0.4) is 0 Å². The number of likely N-dealkylation sites (tertiary alicyclic amines) is 1. The molecule has 0 radical (unpaired) electrons. The number of nitrogens with zero attached hydrogens (tertiary/aromatic N) is 4. The second-order valence-electron chi connectivity index (χ2n) is 11.6. The van der Waals surface area contributed by atoms with Gasteiger partial charge in [-0.2, -0.15) is 5.10 Å². The fourth-order valence-electron chi connectivity index (χ4n) is 6.36. The molecular weight excluding hydrogens is 450 g/mol. The van der Waals surface area contributed by atoms with Gasteiger partial charge in [-0.3, -0.25) is 14.3 Å². The number of carbonyl (C=O) groups excluding carboxylic acids is 2. The highest BCUT2D eigenvalue weighted by molar-refractivity contribution is 6.33. The van der Waals surface area contributed by atoms with Crippen molar-refractivity contribution in [2.45, 2.75) is 71.4 Å². The number of fused-ring (bicyclic) bond motifs is 3. The molecule has 34 heavy (non-hydrogen) atoms. The van der Waals surface area contributed by atoms with E-state index in [1.54, 1.807) is 6.20 Å². The first-order valence-electron chi connectivity index (χ1n) is 12.6. The summed E-state index contributed by atoms with van der Waals surface area (Å²) in [5.74, 6) is 2.27. The average molecular weight is 482 g/mol. The highest BCUT2D eigenvalue weighted by Crippen LogP contribution is 2.46. The number of halogens is 1. The number of nitrogens with one attached hydrogen (secondary N) is 1. The van der Waals surface area contributed by atoms with Crippen LogP contribution in [0.25, 0.3) is 11.1 Å². The SMILES string of the molecule is CC1(C)Cc2c(-c3cc(NC(=O)CC[C@H]4C[C@H]5C[C@@H]4CN5C(=O)C4CC4)ncc3Cl)cnn2C1. The molecule has 3 atom stereocenters. The van der Waals surface area contributed by atoms with Crippen molar-refractivity contribution in [2.75, 3.05) is 11.9 Å². The molecule has 2 bridgehead atoms. The highest BCUT2D eigenvalue weighted by atomic mass is 35.5. The van der Waals surface area contributed by atoms with Crippen molar-refractivity contribution < 1.29 is 9.59 Å². The van der Waals surface area contributed by atoms with Crippen LogP contribution in [-0.2, 0) is 22.6 Å². The third-order valence-corrected chi connectivity index (χ3v) is 8.53. The zero-order valence-corrected chi connectivity index (χ0v) is 20.6. The molecule has 2 aromatic rings. The van der Waals surface area contributed by atoms with Gasteiger partial charge < -0.3 is 10.2 Å². The molecule has 7 nitrogen and oxygen atoms in total. The first-order chi connectivity index (χ1) is 16.3. The van der Waals surface area contributed by atoms with E-state index in [1.807, 2.05) is 12.3 Å². The van der Waals surface area contributed by atoms with E-state index >= 15 is 0 Å². The van der Waals surface area contributed by atoms with Crippen molar-refractivity contribution in [2.24, 2.45) is 23.2 Å². The summed E-state index contributed by atoms with van der Waals surface area (Å²) in [6, 6.07) is 2.26. The highest BCUT2D eigenvalue weighted by Gasteiger charge is 2.48. The van der Waals surface area contributed by atoms with Crippen LogP contribution in [0, 0.1) is 23.2 Å². The maximum atomic E-state index is 12.7. The van der Waals surface area contributed by atoms with Crippen LogP contribution in [0.5, 0.6) is 0 Å². The van der Waals surface area contributed by atoms with E-state index < -0.39 is 0 Å². The number of rotatable bonds is 6. The molecular formula is C26H32ClN5O2. The van der Waals surface area contributed by atoms with E-state index in [0.29, 0.717) is 47.0 Å². The Morgan fingerprint density at radius 2 is 2.03 bits per heavy atom. The Bertz CT molecular complexity index is 1150. The molecule has 2 amide bonds. The van der Waals surface area contributed by atoms with Crippen LogP contribution < -0.4 is 5.32 Å². The largest absolute Gasteiger partial charge is 0.339 e. The van der Waals surface area contributed by atoms with E-state index in [1.165, 1.54) is 5.69 Å². The van der Waals surface area contributed by atoms with E-state index in [9.17, 15) is 9.59 Å². The second kappa shape index (κ2) is 8.08. The number of hydrogen-bond donors (Lipinski definition) is 1. The smallest absolute Gasteiger partial charge is 0.225 e. The van der Waals surface area contributed by atoms with E-state index in [4.69, 9.17) is 11.6 Å². The van der Waals surface area contributed by atoms with Crippen LogP contribution in [0.2, 0.25) is 5.02 Å². The molecule has 8 heteroatoms. The van der Waals surface area contributed by atoms with Gasteiger partial charge in [0.15, 0.2) is 0 Å². The zero-order chi connectivity index (χ0) is 23.6. The molecule has 0 unspecified atom stereocenters. The van der Waals surface area contributed by atoms with Crippen LogP contribution in [-0.4, -0.2) is 44.1 Å². The first kappa shape index (κ1) is 22.1. The lowest BCUT2D eigenvalue weighted by atomic mass is 9.89. The molecule has 2 aliphatic carbocycles. The summed E-state index contributed by atoms with van der Waals surface area (Å²) in [5, 5.41) is 8.08. The van der Waals surface area contributed by atoms with Crippen LogP contribution in [0.15, 0.2) is 18.5 Å². The quantitative estimate of drug-likeness (QED) is 0.656. The molecule has 6 rings (SSSR count). The Labute approximate surface area is 205 Å². The summed E-state index contributed by atoms with van der Waals surface area (Å²) >= 11 is 6.50. The molecule has 4 heterocycles. The van der Waals surface area contributed by atoms with E-state index in [2.05, 4.69) is 38.8 Å². The van der Waals surface area contributed by atoms with Gasteiger partial charge in [-0.25, -0.2) is 4.98 Å². The second-order valence-corrected chi connectivity index (χ2v) is 12.0. The van der Waals surface area contributed by atoms with Crippen molar-refractivity contribution in [3.05, 3.63) is 29.2 Å². The summed E-state index contributed by atoms with van der Waals surface area (Å²) in [6.07, 6.45) is 10.0. The van der Waals surface area contributed by atoms with Gasteiger partial charge in [-0.1, -0.05) is 25.4 Å². The summed E-state index contributed by atoms with van der Waals surface area (Å²) in [7, 11) is 0. The number of amides is 2. The Morgan fingerprint density at radius 1 is 1.21 bits per heavy atom. The molecule has 0 spiro atoms. The predicted molar refractivity (Wildman–Crippen MR) is 130 cm³/mol. The normalized spacial score (nSPS) is 26.7. The van der Waals surface area contributed by atoms with Gasteiger partial charge in [-0.15, -0.1) is 0 Å². The van der Waals surface area contributed by atoms with Crippen LogP contribution >= 0.6 is 11.6 Å². The number of hydrogen-bond acceptors (Lipinski definition) is 4. The molecule has 2 aromatic heterocycles. The molecule has 2 saturated carbocycles. The number of aromatic nitrogens is 3. The fraction of sp³-hybridized carbons (Fsp3) is 0.615. The average Bonchev–Trinajstić information content (AvgIpc) is 3.12. The van der Waals surface area contributed by atoms with E-state index in [0.717, 1.165) is 62.7 Å². The maximum Gasteiger partial charge on any atom is 0.225 e. The van der Waals surface area contributed by atoms with Gasteiger partial charge in [-0.05, 0) is 61.8 Å². The lowest BCUT2D eigenvalue weighted by Gasteiger charge is -2.31. The third-order valence-electron chi connectivity index (χ3n) is 8.23. The Morgan fingerprint density at radius 3 is 2.76 bits per heavy atom. The van der Waals surface area contributed by atoms with Gasteiger partial charge in [0.2, 0.25) is 11.8 Å². The number of pyridine rings is 1. The van der Waals surface area contributed by atoms with Gasteiger partial charge in [0.05, 0.1) is 11.2 Å². The Kier molecular flexibility index (Phi) is 5.24. The first-order valence-corrected chi connectivity index (χ1v) is 13.0. The molecule has 1 saturated heterocycles. The number of anilines is 1. The Hall–Kier alpha value is -2.41. The Balaban J connectivity index is 1.07. The predicted octanol–water partition coefficient (Wildman–Crippen LogP) is 4.55. The standard InChI is InChI=1S/C26H32ClN5O2/c1-26(2)10-22-20(11-29-32(22)14-26)19-9-23(28-12-21(19)27)30-24(33)6-5-16-7-18-8-17(16)13-31(18)25(34)15-3-4-15/h9,11-12,15-18H,3-8,10,13-14H2,1-2H3,(H,28,30,33)/t16-,17+,18-/m0/s1. The van der Waals surface area contributed by atoms with Crippen molar-refractivity contribution in [3.63, 3.8) is 0 Å². The van der Waals surface area contributed by atoms with Gasteiger partial charge in [0, 0.05) is 54.5 Å². The molecule has 2 aliphatic heterocycles. The number of piperidine rings is 1. The molecule has 4 aliphatic rings. The van der Waals surface area contributed by atoms with Crippen molar-refractivity contribution in [3.8, 4) is 11.1 Å². The van der Waals surface area contributed by atoms with Crippen molar-refractivity contribution in [1.29, 1.82) is 0 Å². The minimum atomic E-state index is -0.0178. The molecule has 1 N–H and O–H groups in total. The monoisotopic (exact) mass is 481 g/mol. The van der Waals surface area contributed by atoms with Crippen LogP contribution in [0.1, 0.15) is 58.1 Å². The topological polar surface area (TPSA) is 80.1 Å². The lowest BCUT2D eigenvalue weighted by molar-refractivity contribution is -0.134. The van der Waals surface area contributed by atoms with E-state index in [-0.39, 0.29) is 11.3 Å². The van der Waals surface area contributed by atoms with Gasteiger partial charge in [0.25, 0.3) is 0 Å². The summed E-state index contributed by atoms with van der Waals surface area (Å²) in [6.45, 7) is 6.26. The third kappa shape index (κ3) is 4.02. The van der Waals surface area contributed by atoms with Gasteiger partial charge >= 0.3 is 0 Å². The van der Waals surface area contributed by atoms with Crippen molar-refractivity contribution in [1.82, 2.24) is 19.7 Å². The van der Waals surface area contributed by atoms with Gasteiger partial charge in [0.1, 0.15) is 5.82 Å². The van der Waals surface area contributed by atoms with Crippen molar-refractivity contribution >= 4 is 29.2 Å². The number of carbonyl (C=O) groups is 2. The summed E-state index contributed by atoms with van der Waals surface area (Å²) < 4.78 is 2.05. The minimum Gasteiger partial charge on any atom is -0.339 e. The molecule has 180 valence electrons. The minimum absolute atomic E-state index is 0.0178. The zero-order valence-electron chi connectivity index (χ0n) is 19.9. The lowest BCUT2D eigenvalue weighted by Crippen LogP contribution is -2.41. The molecule has 0 aromatic carbocycles.